The number of carboxylic acid groups (broad SMARTS) is 1. The SMILES string of the molecule is CCNC(=O)CC(N)C(=O)O. The number of nitrogens with two attached hydrogens (primary N) is 1. The minimum Gasteiger partial charge on any atom is -0.480 e. The second-order valence-corrected chi connectivity index (χ2v) is 2.10. The molecule has 11 heavy (non-hydrogen) atoms. The summed E-state index contributed by atoms with van der Waals surface area (Å²) in [5.41, 5.74) is 5.09. The smallest absolute Gasteiger partial charge is 0.321 e. The molecule has 5 nitrogen and oxygen atoms in total. The molecule has 0 aliphatic heterocycles. The topological polar surface area (TPSA) is 92.4 Å². The minimum absolute atomic E-state index is 0.164. The molecule has 1 amide bonds. The number of carbonyl (C=O) groups excluding carboxylic acids is 1. The van der Waals surface area contributed by atoms with Crippen LogP contribution in [0.5, 0.6) is 0 Å². The maximum Gasteiger partial charge on any atom is 0.321 e. The molecular weight excluding hydrogens is 148 g/mol. The van der Waals surface area contributed by atoms with Gasteiger partial charge in [-0.3, -0.25) is 9.59 Å². The van der Waals surface area contributed by atoms with E-state index in [2.05, 4.69) is 5.32 Å². The van der Waals surface area contributed by atoms with E-state index in [1.54, 1.807) is 6.92 Å². The summed E-state index contributed by atoms with van der Waals surface area (Å²) in [4.78, 5) is 20.8. The Hall–Kier alpha value is -1.10. The van der Waals surface area contributed by atoms with E-state index < -0.39 is 12.0 Å². The summed E-state index contributed by atoms with van der Waals surface area (Å²) < 4.78 is 0. The van der Waals surface area contributed by atoms with E-state index in [0.717, 1.165) is 0 Å². The first kappa shape index (κ1) is 9.90. The van der Waals surface area contributed by atoms with Crippen LogP contribution in [0.3, 0.4) is 0 Å². The maximum absolute atomic E-state index is 10.7. The quantitative estimate of drug-likeness (QED) is 0.488. The van der Waals surface area contributed by atoms with Gasteiger partial charge in [0.25, 0.3) is 0 Å². The van der Waals surface area contributed by atoms with Gasteiger partial charge in [0.15, 0.2) is 0 Å². The first-order valence-corrected chi connectivity index (χ1v) is 3.33. The van der Waals surface area contributed by atoms with Gasteiger partial charge in [0.1, 0.15) is 6.04 Å². The van der Waals surface area contributed by atoms with Crippen molar-refractivity contribution in [1.29, 1.82) is 0 Å². The number of rotatable bonds is 4. The Morgan fingerprint density at radius 3 is 2.55 bits per heavy atom. The lowest BCUT2D eigenvalue weighted by Gasteiger charge is -2.04. The lowest BCUT2D eigenvalue weighted by Crippen LogP contribution is -2.36. The summed E-state index contributed by atoms with van der Waals surface area (Å²) >= 11 is 0. The molecule has 5 heteroatoms. The molecule has 0 spiro atoms. The summed E-state index contributed by atoms with van der Waals surface area (Å²) in [6.07, 6.45) is -0.164. The molecule has 0 heterocycles. The van der Waals surface area contributed by atoms with E-state index in [4.69, 9.17) is 10.8 Å². The molecule has 0 radical (unpaired) electrons. The normalized spacial score (nSPS) is 12.2. The van der Waals surface area contributed by atoms with Gasteiger partial charge in [0.2, 0.25) is 5.91 Å². The lowest BCUT2D eigenvalue weighted by atomic mass is 10.2. The fraction of sp³-hybridized carbons (Fsp3) is 0.667. The summed E-state index contributed by atoms with van der Waals surface area (Å²) in [5, 5.41) is 10.7. The number of hydrogen-bond donors (Lipinski definition) is 3. The largest absolute Gasteiger partial charge is 0.480 e. The highest BCUT2D eigenvalue weighted by Crippen LogP contribution is 1.87. The van der Waals surface area contributed by atoms with Crippen LogP contribution < -0.4 is 11.1 Å². The Bertz CT molecular complexity index is 158. The number of nitrogens with one attached hydrogen (secondary N) is 1. The molecule has 0 rings (SSSR count). The van der Waals surface area contributed by atoms with Crippen LogP contribution in [0.15, 0.2) is 0 Å². The van der Waals surface area contributed by atoms with Crippen molar-refractivity contribution >= 4 is 11.9 Å². The van der Waals surface area contributed by atoms with Crippen molar-refractivity contribution in [2.45, 2.75) is 19.4 Å². The van der Waals surface area contributed by atoms with Crippen molar-refractivity contribution in [3.05, 3.63) is 0 Å². The standard InChI is InChI=1S/C6H12N2O3/c1-2-8-5(9)3-4(7)6(10)11/h4H,2-3,7H2,1H3,(H,8,9)(H,10,11). The van der Waals surface area contributed by atoms with Gasteiger partial charge in [0, 0.05) is 6.54 Å². The minimum atomic E-state index is -1.16. The zero-order valence-electron chi connectivity index (χ0n) is 6.33. The lowest BCUT2D eigenvalue weighted by molar-refractivity contribution is -0.140. The molecule has 0 aromatic heterocycles. The van der Waals surface area contributed by atoms with Gasteiger partial charge in [-0.2, -0.15) is 0 Å². The van der Waals surface area contributed by atoms with Gasteiger partial charge < -0.3 is 16.2 Å². The van der Waals surface area contributed by atoms with Crippen LogP contribution in [0, 0.1) is 0 Å². The molecular formula is C6H12N2O3. The highest BCUT2D eigenvalue weighted by Gasteiger charge is 2.14. The molecule has 4 N–H and O–H groups in total. The predicted molar refractivity (Wildman–Crippen MR) is 38.9 cm³/mol. The fourth-order valence-electron chi connectivity index (χ4n) is 0.556. The highest BCUT2D eigenvalue weighted by atomic mass is 16.4. The van der Waals surface area contributed by atoms with E-state index in [-0.39, 0.29) is 12.3 Å². The van der Waals surface area contributed by atoms with Crippen molar-refractivity contribution in [1.82, 2.24) is 5.32 Å². The zero-order valence-corrected chi connectivity index (χ0v) is 6.33. The van der Waals surface area contributed by atoms with Crippen molar-refractivity contribution in [3.63, 3.8) is 0 Å². The van der Waals surface area contributed by atoms with Crippen molar-refractivity contribution in [2.75, 3.05) is 6.54 Å². The molecule has 0 aromatic rings. The van der Waals surface area contributed by atoms with Crippen LogP contribution >= 0.6 is 0 Å². The number of carbonyl (C=O) groups is 2. The van der Waals surface area contributed by atoms with Gasteiger partial charge in [-0.25, -0.2) is 0 Å². The molecule has 0 aliphatic rings. The van der Waals surface area contributed by atoms with Crippen LogP contribution in [0.2, 0.25) is 0 Å². The second kappa shape index (κ2) is 4.68. The highest BCUT2D eigenvalue weighted by molar-refractivity contribution is 5.84. The number of hydrogen-bond acceptors (Lipinski definition) is 3. The second-order valence-electron chi connectivity index (χ2n) is 2.10. The Labute approximate surface area is 64.6 Å². The van der Waals surface area contributed by atoms with Gasteiger partial charge in [-0.05, 0) is 6.92 Å². The molecule has 0 aromatic carbocycles. The van der Waals surface area contributed by atoms with Gasteiger partial charge >= 0.3 is 5.97 Å². The number of carboxylic acids is 1. The monoisotopic (exact) mass is 160 g/mol. The van der Waals surface area contributed by atoms with E-state index in [1.807, 2.05) is 0 Å². The summed E-state index contributed by atoms with van der Waals surface area (Å²) in [5.74, 6) is -1.49. The molecule has 0 bridgehead atoms. The number of amides is 1. The van der Waals surface area contributed by atoms with Crippen molar-refractivity contribution < 1.29 is 14.7 Å². The zero-order chi connectivity index (χ0) is 8.85. The van der Waals surface area contributed by atoms with Crippen LogP contribution in [0.25, 0.3) is 0 Å². The third kappa shape index (κ3) is 4.32. The molecule has 0 aliphatic carbocycles. The van der Waals surface area contributed by atoms with E-state index in [1.165, 1.54) is 0 Å². The van der Waals surface area contributed by atoms with Crippen molar-refractivity contribution in [3.8, 4) is 0 Å². The predicted octanol–water partition coefficient (Wildman–Crippen LogP) is -1.08. The van der Waals surface area contributed by atoms with E-state index >= 15 is 0 Å². The number of aliphatic carboxylic acids is 1. The summed E-state index contributed by atoms with van der Waals surface area (Å²) in [7, 11) is 0. The van der Waals surface area contributed by atoms with E-state index in [0.29, 0.717) is 6.54 Å². The van der Waals surface area contributed by atoms with E-state index in [9.17, 15) is 9.59 Å². The molecule has 64 valence electrons. The summed E-state index contributed by atoms with van der Waals surface area (Å²) in [6.45, 7) is 2.25. The van der Waals surface area contributed by atoms with Crippen LogP contribution in [-0.4, -0.2) is 29.6 Å². The summed E-state index contributed by atoms with van der Waals surface area (Å²) in [6, 6.07) is -1.10. The molecule has 0 saturated heterocycles. The third-order valence-corrected chi connectivity index (χ3v) is 1.10. The van der Waals surface area contributed by atoms with Crippen molar-refractivity contribution in [2.24, 2.45) is 5.73 Å². The Kier molecular flexibility index (Phi) is 4.21. The molecule has 1 unspecified atom stereocenters. The first-order valence-electron chi connectivity index (χ1n) is 3.33. The van der Waals surface area contributed by atoms with Gasteiger partial charge in [0.05, 0.1) is 6.42 Å². The van der Waals surface area contributed by atoms with Crippen LogP contribution in [0.1, 0.15) is 13.3 Å². The van der Waals surface area contributed by atoms with Gasteiger partial charge in [-0.1, -0.05) is 0 Å². The molecule has 0 saturated carbocycles. The average molecular weight is 160 g/mol. The Balaban J connectivity index is 3.66. The average Bonchev–Trinajstić information content (AvgIpc) is 1.87. The Morgan fingerprint density at radius 2 is 2.18 bits per heavy atom. The molecule has 1 atom stereocenters. The fourth-order valence-corrected chi connectivity index (χ4v) is 0.556. The first-order chi connectivity index (χ1) is 5.07. The van der Waals surface area contributed by atoms with Crippen LogP contribution in [-0.2, 0) is 9.59 Å². The Morgan fingerprint density at radius 1 is 1.64 bits per heavy atom. The van der Waals surface area contributed by atoms with Gasteiger partial charge in [-0.15, -0.1) is 0 Å². The third-order valence-electron chi connectivity index (χ3n) is 1.10. The van der Waals surface area contributed by atoms with Crippen LogP contribution in [0.4, 0.5) is 0 Å². The maximum atomic E-state index is 10.7. The molecule has 0 fully saturated rings.